The number of aryl methyl sites for hydroxylation is 1. The van der Waals surface area contributed by atoms with Crippen LogP contribution in [0.5, 0.6) is 0 Å². The molecule has 0 bridgehead atoms. The maximum Gasteiger partial charge on any atom is 0.328 e. The highest BCUT2D eigenvalue weighted by atomic mass is 79.9. The molecule has 0 unspecified atom stereocenters. The number of benzene rings is 2. The molecule has 0 spiro atoms. The van der Waals surface area contributed by atoms with Crippen LogP contribution < -0.4 is 16.1 Å². The minimum absolute atomic E-state index is 0.151. The number of nitrogens with one attached hydrogen (secondary N) is 3. The molecule has 3 rings (SSSR count). The number of aromatic nitrogens is 1. The van der Waals surface area contributed by atoms with Gasteiger partial charge in [-0.3, -0.25) is 19.8 Å². The number of halogens is 2. The molecule has 3 N–H and O–H groups in total. The lowest BCUT2D eigenvalue weighted by molar-refractivity contribution is -0.137. The number of hydrogen-bond donors (Lipinski definition) is 3. The molecule has 9 heteroatoms. The Kier molecular flexibility index (Phi) is 6.48. The van der Waals surface area contributed by atoms with Crippen molar-refractivity contribution in [3.05, 3.63) is 63.2 Å². The van der Waals surface area contributed by atoms with Crippen molar-refractivity contribution in [2.75, 3.05) is 10.7 Å². The van der Waals surface area contributed by atoms with Gasteiger partial charge in [-0.1, -0.05) is 27.5 Å². The zero-order valence-electron chi connectivity index (χ0n) is 16.5. The fourth-order valence-corrected chi connectivity index (χ4v) is 3.30. The van der Waals surface area contributed by atoms with Crippen LogP contribution in [0.15, 0.2) is 46.9 Å². The summed E-state index contributed by atoms with van der Waals surface area (Å²) in [6.07, 6.45) is 0. The van der Waals surface area contributed by atoms with Crippen molar-refractivity contribution in [2.24, 2.45) is 0 Å². The van der Waals surface area contributed by atoms with E-state index in [9.17, 15) is 14.4 Å². The lowest BCUT2D eigenvalue weighted by Crippen LogP contribution is -2.42. The van der Waals surface area contributed by atoms with E-state index in [0.29, 0.717) is 21.6 Å². The minimum Gasteiger partial charge on any atom is -0.346 e. The number of carbonyl (C=O) groups is 3. The summed E-state index contributed by atoms with van der Waals surface area (Å²) < 4.78 is 2.21. The molecule has 7 nitrogen and oxygen atoms in total. The van der Waals surface area contributed by atoms with Gasteiger partial charge in [0.2, 0.25) is 0 Å². The molecule has 0 aliphatic rings. The largest absolute Gasteiger partial charge is 0.346 e. The predicted octanol–water partition coefficient (Wildman–Crippen LogP) is 4.21. The quantitative estimate of drug-likeness (QED) is 0.477. The second kappa shape index (κ2) is 8.89. The van der Waals surface area contributed by atoms with Crippen LogP contribution in [0.25, 0.3) is 10.9 Å². The average molecular weight is 492 g/mol. The van der Waals surface area contributed by atoms with Crippen molar-refractivity contribution in [3.63, 3.8) is 0 Å². The lowest BCUT2D eigenvalue weighted by atomic mass is 10.2. The van der Waals surface area contributed by atoms with Crippen LogP contribution in [0.4, 0.5) is 5.69 Å². The molecule has 2 aromatic carbocycles. The Morgan fingerprint density at radius 1 is 1.03 bits per heavy atom. The van der Waals surface area contributed by atoms with Gasteiger partial charge in [-0.15, -0.1) is 0 Å². The average Bonchev–Trinajstić information content (AvgIpc) is 3.01. The smallest absolute Gasteiger partial charge is 0.328 e. The van der Waals surface area contributed by atoms with Gasteiger partial charge in [0.05, 0.1) is 5.52 Å². The molecule has 3 aromatic rings. The van der Waals surface area contributed by atoms with Gasteiger partial charge in [0, 0.05) is 26.6 Å². The number of anilines is 1. The van der Waals surface area contributed by atoms with E-state index in [1.54, 1.807) is 44.2 Å². The van der Waals surface area contributed by atoms with Crippen LogP contribution >= 0.6 is 27.5 Å². The molecule has 0 aliphatic carbocycles. The number of nitrogens with zero attached hydrogens (tertiary/aromatic N) is 1. The SMILES string of the molecule is Cc1cc(NC(=O)c2cc3cc(Cl)ccc3n2NC(=O)C(=O)NC(C)C)ccc1Br. The summed E-state index contributed by atoms with van der Waals surface area (Å²) in [5.41, 5.74) is 4.73. The molecule has 0 radical (unpaired) electrons. The maximum absolute atomic E-state index is 13.0. The van der Waals surface area contributed by atoms with Crippen LogP contribution in [0.1, 0.15) is 29.9 Å². The summed E-state index contributed by atoms with van der Waals surface area (Å²) in [4.78, 5) is 37.4. The zero-order valence-corrected chi connectivity index (χ0v) is 18.9. The van der Waals surface area contributed by atoms with Gasteiger partial charge in [-0.25, -0.2) is 4.68 Å². The summed E-state index contributed by atoms with van der Waals surface area (Å²) >= 11 is 9.49. The summed E-state index contributed by atoms with van der Waals surface area (Å²) in [5.74, 6) is -2.13. The van der Waals surface area contributed by atoms with E-state index in [0.717, 1.165) is 10.0 Å². The fourth-order valence-electron chi connectivity index (χ4n) is 2.87. The van der Waals surface area contributed by atoms with Crippen molar-refractivity contribution in [3.8, 4) is 0 Å². The predicted molar refractivity (Wildman–Crippen MR) is 121 cm³/mol. The first-order valence-electron chi connectivity index (χ1n) is 9.16. The van der Waals surface area contributed by atoms with Gasteiger partial charge in [0.15, 0.2) is 0 Å². The molecule has 30 heavy (non-hydrogen) atoms. The molecular formula is C21H20BrClN4O3. The Labute approximate surface area is 186 Å². The van der Waals surface area contributed by atoms with E-state index in [1.807, 2.05) is 19.1 Å². The van der Waals surface area contributed by atoms with Crippen LogP contribution in [0, 0.1) is 6.92 Å². The zero-order chi connectivity index (χ0) is 22.0. The van der Waals surface area contributed by atoms with Gasteiger partial charge in [0.25, 0.3) is 5.91 Å². The minimum atomic E-state index is -0.885. The molecule has 3 amide bonds. The van der Waals surface area contributed by atoms with Gasteiger partial charge in [-0.05, 0) is 68.8 Å². The molecule has 0 atom stereocenters. The van der Waals surface area contributed by atoms with Crippen molar-refractivity contribution < 1.29 is 14.4 Å². The normalized spacial score (nSPS) is 10.9. The second-order valence-corrected chi connectivity index (χ2v) is 8.35. The molecule has 0 saturated carbocycles. The Balaban J connectivity index is 1.97. The first-order chi connectivity index (χ1) is 14.2. The first kappa shape index (κ1) is 21.9. The third-order valence-electron chi connectivity index (χ3n) is 4.25. The Bertz CT molecular complexity index is 1160. The lowest BCUT2D eigenvalue weighted by Gasteiger charge is -2.14. The highest BCUT2D eigenvalue weighted by molar-refractivity contribution is 9.10. The summed E-state index contributed by atoms with van der Waals surface area (Å²) in [7, 11) is 0. The van der Waals surface area contributed by atoms with E-state index in [4.69, 9.17) is 11.6 Å². The number of rotatable bonds is 4. The highest BCUT2D eigenvalue weighted by Gasteiger charge is 2.21. The van der Waals surface area contributed by atoms with Crippen molar-refractivity contribution in [2.45, 2.75) is 26.8 Å². The first-order valence-corrected chi connectivity index (χ1v) is 10.3. The van der Waals surface area contributed by atoms with E-state index < -0.39 is 17.7 Å². The van der Waals surface area contributed by atoms with Gasteiger partial charge < -0.3 is 10.6 Å². The van der Waals surface area contributed by atoms with Gasteiger partial charge in [-0.2, -0.15) is 0 Å². The Hall–Kier alpha value is -2.84. The van der Waals surface area contributed by atoms with Crippen molar-refractivity contribution >= 4 is 61.8 Å². The number of hydrogen-bond acceptors (Lipinski definition) is 3. The molecular weight excluding hydrogens is 472 g/mol. The molecule has 1 heterocycles. The van der Waals surface area contributed by atoms with Crippen molar-refractivity contribution in [1.29, 1.82) is 0 Å². The fraction of sp³-hybridized carbons (Fsp3) is 0.190. The van der Waals surface area contributed by atoms with Crippen LogP contribution in [0.3, 0.4) is 0 Å². The number of fused-ring (bicyclic) bond motifs is 1. The summed E-state index contributed by atoms with van der Waals surface area (Å²) in [6, 6.07) is 11.8. The topological polar surface area (TPSA) is 92.2 Å². The van der Waals surface area contributed by atoms with Crippen LogP contribution in [-0.4, -0.2) is 28.4 Å². The van der Waals surface area contributed by atoms with Gasteiger partial charge in [0.1, 0.15) is 5.69 Å². The Morgan fingerprint density at radius 3 is 2.43 bits per heavy atom. The number of carbonyl (C=O) groups excluding carboxylic acids is 3. The highest BCUT2D eigenvalue weighted by Crippen LogP contribution is 2.24. The van der Waals surface area contributed by atoms with Crippen molar-refractivity contribution in [1.82, 2.24) is 9.99 Å². The molecule has 156 valence electrons. The molecule has 0 aliphatic heterocycles. The second-order valence-electron chi connectivity index (χ2n) is 7.06. The van der Waals surface area contributed by atoms with E-state index in [-0.39, 0.29) is 11.7 Å². The van der Waals surface area contributed by atoms with E-state index >= 15 is 0 Å². The third kappa shape index (κ3) is 4.83. The molecule has 0 saturated heterocycles. The molecule has 1 aromatic heterocycles. The van der Waals surface area contributed by atoms with E-state index in [2.05, 4.69) is 32.0 Å². The standard InChI is InChI=1S/C21H20BrClN4O3/c1-11(2)24-20(29)21(30)26-27-17-7-4-14(23)9-13(17)10-18(27)19(28)25-15-5-6-16(22)12(3)8-15/h4-11H,1-3H3,(H,24,29)(H,25,28)(H,26,30). The van der Waals surface area contributed by atoms with Gasteiger partial charge >= 0.3 is 11.8 Å². The monoisotopic (exact) mass is 490 g/mol. The van der Waals surface area contributed by atoms with Crippen LogP contribution in [-0.2, 0) is 9.59 Å². The third-order valence-corrected chi connectivity index (χ3v) is 5.38. The van der Waals surface area contributed by atoms with Crippen LogP contribution in [0.2, 0.25) is 5.02 Å². The Morgan fingerprint density at radius 2 is 1.77 bits per heavy atom. The van der Waals surface area contributed by atoms with E-state index in [1.165, 1.54) is 4.68 Å². The number of amides is 3. The maximum atomic E-state index is 13.0. The summed E-state index contributed by atoms with van der Waals surface area (Å²) in [6.45, 7) is 5.40. The molecule has 0 fully saturated rings. The summed E-state index contributed by atoms with van der Waals surface area (Å²) in [5, 5.41) is 6.46.